The standard InChI is InChI=1S/C10H13Br2ClS/c1-3-4-6(2)9(13)7-5-8(11)14-10(7)12/h5-6,9H,3-4H2,1-2H3. The molecule has 4 heteroatoms. The fraction of sp³-hybridized carbons (Fsp3) is 0.600. The number of alkyl halides is 1. The summed E-state index contributed by atoms with van der Waals surface area (Å²) in [7, 11) is 0. The first-order valence-electron chi connectivity index (χ1n) is 4.65. The lowest BCUT2D eigenvalue weighted by molar-refractivity contribution is 0.507. The monoisotopic (exact) mass is 358 g/mol. The Morgan fingerprint density at radius 1 is 1.50 bits per heavy atom. The maximum atomic E-state index is 6.41. The Bertz CT molecular complexity index is 298. The molecule has 0 spiro atoms. The van der Waals surface area contributed by atoms with Crippen LogP contribution in [0.1, 0.15) is 37.6 Å². The Kier molecular flexibility index (Phi) is 5.47. The van der Waals surface area contributed by atoms with E-state index in [1.54, 1.807) is 11.3 Å². The Morgan fingerprint density at radius 3 is 2.57 bits per heavy atom. The molecule has 1 rings (SSSR count). The van der Waals surface area contributed by atoms with Crippen molar-refractivity contribution in [3.05, 3.63) is 19.2 Å². The van der Waals surface area contributed by atoms with Gasteiger partial charge in [-0.2, -0.15) is 0 Å². The average Bonchev–Trinajstić information content (AvgIpc) is 2.44. The van der Waals surface area contributed by atoms with Crippen LogP contribution in [0.2, 0.25) is 0 Å². The van der Waals surface area contributed by atoms with E-state index in [-0.39, 0.29) is 5.38 Å². The van der Waals surface area contributed by atoms with Gasteiger partial charge in [-0.25, -0.2) is 0 Å². The highest BCUT2D eigenvalue weighted by atomic mass is 79.9. The van der Waals surface area contributed by atoms with Gasteiger partial charge in [-0.1, -0.05) is 20.3 Å². The third-order valence-corrected chi connectivity index (χ3v) is 5.27. The molecule has 1 aromatic rings. The van der Waals surface area contributed by atoms with Gasteiger partial charge in [0.15, 0.2) is 0 Å². The molecule has 0 radical (unpaired) electrons. The van der Waals surface area contributed by atoms with Crippen molar-refractivity contribution >= 4 is 54.8 Å². The van der Waals surface area contributed by atoms with E-state index in [4.69, 9.17) is 11.6 Å². The zero-order valence-corrected chi connectivity index (χ0v) is 12.9. The molecule has 0 aliphatic heterocycles. The fourth-order valence-electron chi connectivity index (χ4n) is 1.45. The largest absolute Gasteiger partial charge is 0.121 e. The topological polar surface area (TPSA) is 0 Å². The first-order chi connectivity index (χ1) is 6.56. The normalized spacial score (nSPS) is 15.5. The van der Waals surface area contributed by atoms with E-state index >= 15 is 0 Å². The maximum Gasteiger partial charge on any atom is 0.0757 e. The van der Waals surface area contributed by atoms with Gasteiger partial charge in [-0.15, -0.1) is 22.9 Å². The predicted octanol–water partition coefficient (Wildman–Crippen LogP) is 5.99. The first-order valence-corrected chi connectivity index (χ1v) is 7.49. The van der Waals surface area contributed by atoms with E-state index in [1.807, 2.05) is 0 Å². The van der Waals surface area contributed by atoms with Crippen LogP contribution in [0.3, 0.4) is 0 Å². The van der Waals surface area contributed by atoms with Crippen LogP contribution in [0.15, 0.2) is 13.6 Å². The van der Waals surface area contributed by atoms with Crippen LogP contribution in [-0.2, 0) is 0 Å². The molecular formula is C10H13Br2ClS. The van der Waals surface area contributed by atoms with Crippen LogP contribution in [0.5, 0.6) is 0 Å². The number of hydrogen-bond donors (Lipinski definition) is 0. The maximum absolute atomic E-state index is 6.41. The molecule has 0 aliphatic rings. The predicted molar refractivity (Wildman–Crippen MR) is 72.4 cm³/mol. The van der Waals surface area contributed by atoms with Crippen molar-refractivity contribution in [2.45, 2.75) is 32.1 Å². The summed E-state index contributed by atoms with van der Waals surface area (Å²) in [6, 6.07) is 2.11. The minimum absolute atomic E-state index is 0.117. The summed E-state index contributed by atoms with van der Waals surface area (Å²) in [5.74, 6) is 0.527. The molecule has 1 aromatic heterocycles. The van der Waals surface area contributed by atoms with Gasteiger partial charge in [0.2, 0.25) is 0 Å². The minimum Gasteiger partial charge on any atom is -0.121 e. The smallest absolute Gasteiger partial charge is 0.0757 e. The highest BCUT2D eigenvalue weighted by Crippen LogP contribution is 2.41. The van der Waals surface area contributed by atoms with Crippen molar-refractivity contribution in [1.82, 2.24) is 0 Å². The SMILES string of the molecule is CCCC(C)C(Cl)c1cc(Br)sc1Br. The quantitative estimate of drug-likeness (QED) is 0.579. The van der Waals surface area contributed by atoms with E-state index in [0.29, 0.717) is 5.92 Å². The Balaban J connectivity index is 2.77. The Hall–Kier alpha value is 0.950. The van der Waals surface area contributed by atoms with Crippen LogP contribution < -0.4 is 0 Å². The molecule has 2 atom stereocenters. The van der Waals surface area contributed by atoms with Crippen molar-refractivity contribution in [3.8, 4) is 0 Å². The van der Waals surface area contributed by atoms with Gasteiger partial charge in [0.1, 0.15) is 0 Å². The number of rotatable bonds is 4. The Labute approximate surface area is 111 Å². The van der Waals surface area contributed by atoms with Crippen LogP contribution >= 0.6 is 54.8 Å². The zero-order chi connectivity index (χ0) is 10.7. The fourth-order valence-corrected chi connectivity index (χ4v) is 4.87. The first kappa shape index (κ1) is 13.0. The van der Waals surface area contributed by atoms with E-state index in [9.17, 15) is 0 Å². The highest BCUT2D eigenvalue weighted by molar-refractivity contribution is 9.12. The second kappa shape index (κ2) is 5.88. The third-order valence-electron chi connectivity index (χ3n) is 2.22. The van der Waals surface area contributed by atoms with Gasteiger partial charge in [0, 0.05) is 0 Å². The van der Waals surface area contributed by atoms with Crippen molar-refractivity contribution in [3.63, 3.8) is 0 Å². The third kappa shape index (κ3) is 3.22. The lowest BCUT2D eigenvalue weighted by atomic mass is 9.98. The Morgan fingerprint density at radius 2 is 2.14 bits per heavy atom. The molecule has 80 valence electrons. The van der Waals surface area contributed by atoms with Gasteiger partial charge in [-0.3, -0.25) is 0 Å². The molecule has 1 heterocycles. The van der Waals surface area contributed by atoms with Gasteiger partial charge in [0.25, 0.3) is 0 Å². The summed E-state index contributed by atoms with van der Waals surface area (Å²) in [5.41, 5.74) is 1.21. The summed E-state index contributed by atoms with van der Waals surface area (Å²) >= 11 is 15.1. The van der Waals surface area contributed by atoms with Crippen molar-refractivity contribution in [2.24, 2.45) is 5.92 Å². The van der Waals surface area contributed by atoms with Crippen LogP contribution in [-0.4, -0.2) is 0 Å². The molecule has 0 N–H and O–H groups in total. The van der Waals surface area contributed by atoms with Crippen molar-refractivity contribution in [1.29, 1.82) is 0 Å². The molecule has 0 saturated heterocycles. The molecule has 0 saturated carbocycles. The van der Waals surface area contributed by atoms with Gasteiger partial charge in [0.05, 0.1) is 12.9 Å². The zero-order valence-electron chi connectivity index (χ0n) is 8.19. The lowest BCUT2D eigenvalue weighted by Crippen LogP contribution is -2.02. The summed E-state index contributed by atoms with van der Waals surface area (Å²) in [4.78, 5) is 0. The second-order valence-corrected chi connectivity index (χ2v) is 7.67. The summed E-state index contributed by atoms with van der Waals surface area (Å²) in [6.45, 7) is 4.40. The molecule has 0 nitrogen and oxygen atoms in total. The molecule has 0 amide bonds. The van der Waals surface area contributed by atoms with Crippen LogP contribution in [0.25, 0.3) is 0 Å². The lowest BCUT2D eigenvalue weighted by Gasteiger charge is -2.16. The highest BCUT2D eigenvalue weighted by Gasteiger charge is 2.20. The van der Waals surface area contributed by atoms with E-state index in [2.05, 4.69) is 51.8 Å². The molecule has 0 aromatic carbocycles. The van der Waals surface area contributed by atoms with Crippen molar-refractivity contribution in [2.75, 3.05) is 0 Å². The summed E-state index contributed by atoms with van der Waals surface area (Å²) in [6.07, 6.45) is 2.36. The summed E-state index contributed by atoms with van der Waals surface area (Å²) in [5, 5.41) is 0.117. The molecule has 0 aliphatic carbocycles. The van der Waals surface area contributed by atoms with E-state index in [0.717, 1.165) is 7.57 Å². The van der Waals surface area contributed by atoms with E-state index < -0.39 is 0 Å². The number of hydrogen-bond acceptors (Lipinski definition) is 1. The van der Waals surface area contributed by atoms with Crippen LogP contribution in [0, 0.1) is 5.92 Å². The molecule has 2 unspecified atom stereocenters. The molecule has 14 heavy (non-hydrogen) atoms. The van der Waals surface area contributed by atoms with Gasteiger partial charge in [-0.05, 0) is 55.8 Å². The van der Waals surface area contributed by atoms with Crippen LogP contribution in [0.4, 0.5) is 0 Å². The molecular weight excluding hydrogens is 347 g/mol. The summed E-state index contributed by atoms with van der Waals surface area (Å²) < 4.78 is 2.28. The minimum atomic E-state index is 0.117. The molecule has 0 bridgehead atoms. The number of halogens is 3. The van der Waals surface area contributed by atoms with Crippen molar-refractivity contribution < 1.29 is 0 Å². The average molecular weight is 361 g/mol. The number of thiophene rings is 1. The van der Waals surface area contributed by atoms with E-state index in [1.165, 1.54) is 18.4 Å². The van der Waals surface area contributed by atoms with Gasteiger partial charge < -0.3 is 0 Å². The molecule has 0 fully saturated rings. The second-order valence-electron chi connectivity index (χ2n) is 3.45. The van der Waals surface area contributed by atoms with Gasteiger partial charge >= 0.3 is 0 Å².